The lowest BCUT2D eigenvalue weighted by Gasteiger charge is -2.28. The van der Waals surface area contributed by atoms with E-state index in [1.165, 1.54) is 12.1 Å². The standard InChI is InChI=1S/C13H19ClN2O2S2/c1-4-13(3,5-2)16-20(17,18)11-8-9(12(15)19)6-7-10(11)14/h6-8,16H,4-5H2,1-3H3,(H2,15,19). The maximum Gasteiger partial charge on any atom is 0.242 e. The highest BCUT2D eigenvalue weighted by atomic mass is 35.5. The van der Waals surface area contributed by atoms with Gasteiger partial charge in [-0.15, -0.1) is 0 Å². The predicted octanol–water partition coefficient (Wildman–Crippen LogP) is 2.83. The molecule has 0 aromatic heterocycles. The molecule has 0 radical (unpaired) electrons. The van der Waals surface area contributed by atoms with Gasteiger partial charge in [-0.05, 0) is 31.9 Å². The Morgan fingerprint density at radius 1 is 1.40 bits per heavy atom. The van der Waals surface area contributed by atoms with E-state index in [-0.39, 0.29) is 14.9 Å². The van der Waals surface area contributed by atoms with Crippen molar-refractivity contribution >= 4 is 38.8 Å². The Hall–Kier alpha value is -0.690. The molecule has 0 saturated carbocycles. The first-order valence-electron chi connectivity index (χ1n) is 6.28. The number of benzene rings is 1. The van der Waals surface area contributed by atoms with Gasteiger partial charge in [0.25, 0.3) is 0 Å². The highest BCUT2D eigenvalue weighted by Gasteiger charge is 2.29. The van der Waals surface area contributed by atoms with Crippen LogP contribution in [0.15, 0.2) is 23.1 Å². The molecule has 4 nitrogen and oxygen atoms in total. The third-order valence-electron chi connectivity index (χ3n) is 3.45. The number of rotatable bonds is 6. The summed E-state index contributed by atoms with van der Waals surface area (Å²) in [7, 11) is -3.73. The van der Waals surface area contributed by atoms with Gasteiger partial charge < -0.3 is 5.73 Å². The summed E-state index contributed by atoms with van der Waals surface area (Å²) in [6.45, 7) is 5.72. The van der Waals surface area contributed by atoms with E-state index in [9.17, 15) is 8.42 Å². The molecule has 0 aliphatic rings. The van der Waals surface area contributed by atoms with Gasteiger partial charge >= 0.3 is 0 Å². The fourth-order valence-corrected chi connectivity index (χ4v) is 3.84. The molecule has 0 unspecified atom stereocenters. The van der Waals surface area contributed by atoms with Crippen LogP contribution in [0.4, 0.5) is 0 Å². The summed E-state index contributed by atoms with van der Waals surface area (Å²) in [5.41, 5.74) is 5.49. The van der Waals surface area contributed by atoms with Crippen molar-refractivity contribution in [2.24, 2.45) is 5.73 Å². The van der Waals surface area contributed by atoms with Crippen LogP contribution in [-0.2, 0) is 10.0 Å². The maximum atomic E-state index is 12.5. The highest BCUT2D eigenvalue weighted by Crippen LogP contribution is 2.25. The van der Waals surface area contributed by atoms with Gasteiger partial charge in [-0.1, -0.05) is 43.7 Å². The molecule has 0 atom stereocenters. The number of sulfonamides is 1. The van der Waals surface area contributed by atoms with Crippen LogP contribution in [0.3, 0.4) is 0 Å². The smallest absolute Gasteiger partial charge is 0.242 e. The average molecular weight is 335 g/mol. The van der Waals surface area contributed by atoms with Crippen LogP contribution in [-0.4, -0.2) is 18.9 Å². The molecule has 0 amide bonds. The van der Waals surface area contributed by atoms with E-state index in [0.29, 0.717) is 18.4 Å². The Morgan fingerprint density at radius 2 is 1.95 bits per heavy atom. The molecule has 0 aliphatic carbocycles. The van der Waals surface area contributed by atoms with Gasteiger partial charge in [0, 0.05) is 11.1 Å². The summed E-state index contributed by atoms with van der Waals surface area (Å²) < 4.78 is 27.7. The van der Waals surface area contributed by atoms with Gasteiger partial charge in [0.15, 0.2) is 0 Å². The van der Waals surface area contributed by atoms with E-state index in [1.54, 1.807) is 6.07 Å². The zero-order chi connectivity index (χ0) is 15.6. The van der Waals surface area contributed by atoms with E-state index in [2.05, 4.69) is 4.72 Å². The van der Waals surface area contributed by atoms with Gasteiger partial charge in [-0.2, -0.15) is 0 Å². The number of hydrogen-bond donors (Lipinski definition) is 2. The molecular weight excluding hydrogens is 316 g/mol. The Labute approximate surface area is 130 Å². The Bertz CT molecular complexity index is 611. The van der Waals surface area contributed by atoms with Crippen LogP contribution in [0.1, 0.15) is 39.2 Å². The van der Waals surface area contributed by atoms with Gasteiger partial charge in [0.05, 0.1) is 5.02 Å². The van der Waals surface area contributed by atoms with E-state index < -0.39 is 15.6 Å². The number of nitrogens with one attached hydrogen (secondary N) is 1. The zero-order valence-electron chi connectivity index (χ0n) is 11.7. The molecule has 1 aromatic carbocycles. The van der Waals surface area contributed by atoms with Crippen LogP contribution in [0.2, 0.25) is 5.02 Å². The average Bonchev–Trinajstić information content (AvgIpc) is 2.38. The number of halogens is 1. The van der Waals surface area contributed by atoms with Crippen molar-refractivity contribution < 1.29 is 8.42 Å². The third kappa shape index (κ3) is 3.91. The van der Waals surface area contributed by atoms with Crippen molar-refractivity contribution in [3.8, 4) is 0 Å². The van der Waals surface area contributed by atoms with Crippen molar-refractivity contribution in [1.82, 2.24) is 4.72 Å². The summed E-state index contributed by atoms with van der Waals surface area (Å²) in [4.78, 5) is 0.129. The SMILES string of the molecule is CCC(C)(CC)NS(=O)(=O)c1cc(C(N)=S)ccc1Cl. The summed E-state index contributed by atoms with van der Waals surface area (Å²) in [5.74, 6) is 0. The minimum atomic E-state index is -3.73. The lowest BCUT2D eigenvalue weighted by Crippen LogP contribution is -2.44. The Morgan fingerprint density at radius 3 is 2.40 bits per heavy atom. The molecule has 3 N–H and O–H groups in total. The molecule has 1 aromatic rings. The number of nitrogens with two attached hydrogens (primary N) is 1. The van der Waals surface area contributed by atoms with E-state index in [0.717, 1.165) is 0 Å². The van der Waals surface area contributed by atoms with Gasteiger partial charge in [0.1, 0.15) is 9.88 Å². The van der Waals surface area contributed by atoms with Gasteiger partial charge in [-0.25, -0.2) is 13.1 Å². The maximum absolute atomic E-state index is 12.5. The monoisotopic (exact) mass is 334 g/mol. The first-order chi connectivity index (χ1) is 9.15. The summed E-state index contributed by atoms with van der Waals surface area (Å²) in [5, 5.41) is 0.145. The second-order valence-electron chi connectivity index (χ2n) is 4.88. The second kappa shape index (κ2) is 6.39. The second-order valence-corrected chi connectivity index (χ2v) is 7.38. The fourth-order valence-electron chi connectivity index (χ4n) is 1.64. The van der Waals surface area contributed by atoms with Crippen molar-refractivity contribution in [2.45, 2.75) is 44.0 Å². The lowest BCUT2D eigenvalue weighted by molar-refractivity contribution is 0.388. The van der Waals surface area contributed by atoms with Crippen molar-refractivity contribution in [3.63, 3.8) is 0 Å². The third-order valence-corrected chi connectivity index (χ3v) is 5.80. The molecule has 0 saturated heterocycles. The largest absolute Gasteiger partial charge is 0.389 e. The lowest BCUT2D eigenvalue weighted by atomic mass is 9.98. The van der Waals surface area contributed by atoms with Crippen molar-refractivity contribution in [3.05, 3.63) is 28.8 Å². The van der Waals surface area contributed by atoms with Gasteiger partial charge in [-0.3, -0.25) is 0 Å². The molecule has 0 aliphatic heterocycles. The van der Waals surface area contributed by atoms with Crippen LogP contribution in [0.5, 0.6) is 0 Å². The predicted molar refractivity (Wildman–Crippen MR) is 86.6 cm³/mol. The molecule has 112 valence electrons. The molecule has 0 bridgehead atoms. The van der Waals surface area contributed by atoms with Crippen LogP contribution < -0.4 is 10.5 Å². The molecule has 1 rings (SSSR count). The number of hydrogen-bond acceptors (Lipinski definition) is 3. The molecule has 0 fully saturated rings. The highest BCUT2D eigenvalue weighted by molar-refractivity contribution is 7.89. The topological polar surface area (TPSA) is 72.2 Å². The van der Waals surface area contributed by atoms with Crippen molar-refractivity contribution in [2.75, 3.05) is 0 Å². The van der Waals surface area contributed by atoms with Crippen molar-refractivity contribution in [1.29, 1.82) is 0 Å². The molecule has 20 heavy (non-hydrogen) atoms. The first-order valence-corrected chi connectivity index (χ1v) is 8.55. The fraction of sp³-hybridized carbons (Fsp3) is 0.462. The van der Waals surface area contributed by atoms with Crippen LogP contribution in [0.25, 0.3) is 0 Å². The minimum absolute atomic E-state index is 0.00223. The molecule has 7 heteroatoms. The summed E-state index contributed by atoms with van der Waals surface area (Å²) >= 11 is 10.9. The van der Waals surface area contributed by atoms with Crippen LogP contribution in [0, 0.1) is 0 Å². The Kier molecular flexibility index (Phi) is 5.54. The quantitative estimate of drug-likeness (QED) is 0.785. The number of thiocarbonyl (C=S) groups is 1. The Balaban J connectivity index is 3.28. The minimum Gasteiger partial charge on any atom is -0.389 e. The molecular formula is C13H19ClN2O2S2. The summed E-state index contributed by atoms with van der Waals surface area (Å²) in [6, 6.07) is 4.49. The van der Waals surface area contributed by atoms with Crippen LogP contribution >= 0.6 is 23.8 Å². The molecule has 0 spiro atoms. The summed E-state index contributed by atoms with van der Waals surface area (Å²) in [6.07, 6.45) is 1.35. The normalized spacial score (nSPS) is 12.4. The van der Waals surface area contributed by atoms with E-state index in [1.807, 2.05) is 20.8 Å². The zero-order valence-corrected chi connectivity index (χ0v) is 14.1. The first kappa shape index (κ1) is 17.4. The molecule has 0 heterocycles. The van der Waals surface area contributed by atoms with E-state index >= 15 is 0 Å². The van der Waals surface area contributed by atoms with E-state index in [4.69, 9.17) is 29.6 Å². The van der Waals surface area contributed by atoms with Gasteiger partial charge in [0.2, 0.25) is 10.0 Å².